The lowest BCUT2D eigenvalue weighted by molar-refractivity contribution is -0.117. The molecule has 0 fully saturated rings. The lowest BCUT2D eigenvalue weighted by Crippen LogP contribution is -2.40. The van der Waals surface area contributed by atoms with Crippen LogP contribution in [0, 0.1) is 0 Å². The summed E-state index contributed by atoms with van der Waals surface area (Å²) in [6.45, 7) is 6.36. The molecule has 37 heavy (non-hydrogen) atoms. The van der Waals surface area contributed by atoms with Crippen LogP contribution in [0.3, 0.4) is 0 Å². The number of hydrazine groups is 1. The van der Waals surface area contributed by atoms with Crippen LogP contribution in [0.4, 0.5) is 5.69 Å². The maximum Gasteiger partial charge on any atom is 0.269 e. The Hall–Kier alpha value is -4.71. The molecule has 0 spiro atoms. The smallest absolute Gasteiger partial charge is 0.269 e. The topological polar surface area (TPSA) is 87.3 Å². The number of carbonyl (C=O) groups is 3. The molecule has 186 valence electrons. The van der Waals surface area contributed by atoms with Crippen molar-refractivity contribution in [3.8, 4) is 0 Å². The van der Waals surface area contributed by atoms with Crippen molar-refractivity contribution in [3.05, 3.63) is 119 Å². The van der Waals surface area contributed by atoms with Crippen molar-refractivity contribution in [3.63, 3.8) is 0 Å². The van der Waals surface area contributed by atoms with Gasteiger partial charge in [-0.3, -0.25) is 25.2 Å². The molecule has 3 N–H and O–H groups in total. The first-order valence-electron chi connectivity index (χ1n) is 12.0. The van der Waals surface area contributed by atoms with Gasteiger partial charge in [-0.05, 0) is 69.8 Å². The largest absolute Gasteiger partial charge is 0.322 e. The number of fused-ring (bicyclic) bond motifs is 1. The SMILES string of the molecule is CC(C)(C)c1ccc(C(=O)Nc2ccc(C(=O)NNC(=O)C=Cc3cccc4ccccc34)cc2)cc1. The molecular formula is C31H29N3O3. The van der Waals surface area contributed by atoms with Gasteiger partial charge in [0.25, 0.3) is 17.7 Å². The van der Waals surface area contributed by atoms with Crippen molar-refractivity contribution in [1.29, 1.82) is 0 Å². The summed E-state index contributed by atoms with van der Waals surface area (Å²) in [6, 6.07) is 27.7. The minimum atomic E-state index is -0.470. The van der Waals surface area contributed by atoms with Crippen molar-refractivity contribution in [1.82, 2.24) is 10.9 Å². The Morgan fingerprint density at radius 1 is 0.676 bits per heavy atom. The quantitative estimate of drug-likeness (QED) is 0.241. The van der Waals surface area contributed by atoms with Crippen molar-refractivity contribution < 1.29 is 14.4 Å². The summed E-state index contributed by atoms with van der Waals surface area (Å²) in [4.78, 5) is 37.2. The van der Waals surface area contributed by atoms with Gasteiger partial charge in [-0.1, -0.05) is 75.4 Å². The Balaban J connectivity index is 1.30. The molecule has 0 aliphatic heterocycles. The molecule has 6 nitrogen and oxygen atoms in total. The van der Waals surface area contributed by atoms with Crippen molar-refractivity contribution in [2.24, 2.45) is 0 Å². The minimum absolute atomic E-state index is 0.0119. The van der Waals surface area contributed by atoms with Gasteiger partial charge in [-0.15, -0.1) is 0 Å². The van der Waals surface area contributed by atoms with Crippen LogP contribution in [0.2, 0.25) is 0 Å². The van der Waals surface area contributed by atoms with E-state index in [1.54, 1.807) is 42.5 Å². The van der Waals surface area contributed by atoms with Crippen LogP contribution >= 0.6 is 0 Å². The number of hydrogen-bond donors (Lipinski definition) is 3. The number of anilines is 1. The zero-order valence-electron chi connectivity index (χ0n) is 21.0. The molecule has 0 saturated heterocycles. The number of carbonyl (C=O) groups excluding carboxylic acids is 3. The second-order valence-electron chi connectivity index (χ2n) is 9.70. The monoisotopic (exact) mass is 491 g/mol. The first-order chi connectivity index (χ1) is 17.7. The van der Waals surface area contributed by atoms with E-state index in [9.17, 15) is 14.4 Å². The Bertz CT molecular complexity index is 1460. The van der Waals surface area contributed by atoms with E-state index in [0.717, 1.165) is 21.9 Å². The van der Waals surface area contributed by atoms with Crippen LogP contribution in [-0.4, -0.2) is 17.7 Å². The normalized spacial score (nSPS) is 11.3. The summed E-state index contributed by atoms with van der Waals surface area (Å²) in [5.74, 6) is -1.16. The lowest BCUT2D eigenvalue weighted by Gasteiger charge is -2.19. The third kappa shape index (κ3) is 6.49. The first-order valence-corrected chi connectivity index (χ1v) is 12.0. The molecule has 0 saturated carbocycles. The highest BCUT2D eigenvalue weighted by molar-refractivity contribution is 6.05. The molecule has 0 radical (unpaired) electrons. The zero-order valence-corrected chi connectivity index (χ0v) is 21.0. The predicted octanol–water partition coefficient (Wildman–Crippen LogP) is 5.86. The van der Waals surface area contributed by atoms with Gasteiger partial charge in [-0.25, -0.2) is 0 Å². The van der Waals surface area contributed by atoms with Crippen LogP contribution in [0.5, 0.6) is 0 Å². The summed E-state index contributed by atoms with van der Waals surface area (Å²) in [6.07, 6.45) is 3.08. The van der Waals surface area contributed by atoms with Gasteiger partial charge in [0.1, 0.15) is 0 Å². The van der Waals surface area contributed by atoms with E-state index in [-0.39, 0.29) is 11.3 Å². The second-order valence-corrected chi connectivity index (χ2v) is 9.70. The van der Waals surface area contributed by atoms with Gasteiger partial charge in [-0.2, -0.15) is 0 Å². The fraction of sp³-hybridized carbons (Fsp3) is 0.129. The van der Waals surface area contributed by atoms with Crippen LogP contribution in [-0.2, 0) is 10.2 Å². The third-order valence-electron chi connectivity index (χ3n) is 5.95. The molecule has 0 aromatic heterocycles. The molecule has 4 aromatic carbocycles. The van der Waals surface area contributed by atoms with Crippen LogP contribution in [0.25, 0.3) is 16.8 Å². The van der Waals surface area contributed by atoms with Gasteiger partial charge in [0.05, 0.1) is 0 Å². The molecule has 0 unspecified atom stereocenters. The highest BCUT2D eigenvalue weighted by atomic mass is 16.2. The summed E-state index contributed by atoms with van der Waals surface area (Å²) < 4.78 is 0. The minimum Gasteiger partial charge on any atom is -0.322 e. The van der Waals surface area contributed by atoms with E-state index in [1.165, 1.54) is 6.08 Å². The molecular weight excluding hydrogens is 462 g/mol. The predicted molar refractivity (Wildman–Crippen MR) is 148 cm³/mol. The molecule has 0 aliphatic carbocycles. The molecule has 4 aromatic rings. The van der Waals surface area contributed by atoms with E-state index < -0.39 is 11.8 Å². The van der Waals surface area contributed by atoms with E-state index in [1.807, 2.05) is 54.6 Å². The zero-order chi connectivity index (χ0) is 26.4. The third-order valence-corrected chi connectivity index (χ3v) is 5.95. The molecule has 4 rings (SSSR count). The van der Waals surface area contributed by atoms with Gasteiger partial charge in [0.2, 0.25) is 0 Å². The number of benzene rings is 4. The lowest BCUT2D eigenvalue weighted by atomic mass is 9.87. The van der Waals surface area contributed by atoms with E-state index >= 15 is 0 Å². The van der Waals surface area contributed by atoms with Gasteiger partial charge in [0.15, 0.2) is 0 Å². The molecule has 0 atom stereocenters. The Morgan fingerprint density at radius 3 is 2.00 bits per heavy atom. The van der Waals surface area contributed by atoms with E-state index in [0.29, 0.717) is 16.8 Å². The summed E-state index contributed by atoms with van der Waals surface area (Å²) in [5, 5.41) is 4.94. The summed E-state index contributed by atoms with van der Waals surface area (Å²) in [5.41, 5.74) is 8.30. The standard InChI is InChI=1S/C31H29N3O3/c1-31(2,3)25-16-11-23(12-17-25)29(36)32-26-18-13-24(14-19-26)30(37)34-33-28(35)20-15-22-9-6-8-21-7-4-5-10-27(21)22/h4-20H,1-3H3,(H,32,36)(H,33,35)(H,34,37). The Morgan fingerprint density at radius 2 is 1.30 bits per heavy atom. The average Bonchev–Trinajstić information content (AvgIpc) is 2.90. The number of nitrogens with one attached hydrogen (secondary N) is 3. The van der Waals surface area contributed by atoms with E-state index in [4.69, 9.17) is 0 Å². The highest BCUT2D eigenvalue weighted by Crippen LogP contribution is 2.23. The second kappa shape index (κ2) is 10.9. The van der Waals surface area contributed by atoms with Gasteiger partial charge >= 0.3 is 0 Å². The molecule has 0 bridgehead atoms. The fourth-order valence-corrected chi connectivity index (χ4v) is 3.82. The molecule has 0 aliphatic rings. The summed E-state index contributed by atoms with van der Waals surface area (Å²) in [7, 11) is 0. The molecule has 3 amide bonds. The Kier molecular flexibility index (Phi) is 7.49. The van der Waals surface area contributed by atoms with Crippen LogP contribution < -0.4 is 16.2 Å². The van der Waals surface area contributed by atoms with Crippen LogP contribution in [0.1, 0.15) is 52.6 Å². The number of hydrogen-bond acceptors (Lipinski definition) is 3. The maximum atomic E-state index is 12.6. The number of rotatable bonds is 5. The molecule has 0 heterocycles. The number of amides is 3. The van der Waals surface area contributed by atoms with Crippen molar-refractivity contribution in [2.45, 2.75) is 26.2 Å². The van der Waals surface area contributed by atoms with Crippen molar-refractivity contribution in [2.75, 3.05) is 5.32 Å². The van der Waals surface area contributed by atoms with Crippen LogP contribution in [0.15, 0.2) is 97.1 Å². The highest BCUT2D eigenvalue weighted by Gasteiger charge is 2.14. The Labute approximate surface area is 216 Å². The average molecular weight is 492 g/mol. The summed E-state index contributed by atoms with van der Waals surface area (Å²) >= 11 is 0. The van der Waals surface area contributed by atoms with Gasteiger partial charge < -0.3 is 5.32 Å². The van der Waals surface area contributed by atoms with E-state index in [2.05, 4.69) is 36.9 Å². The van der Waals surface area contributed by atoms with Gasteiger partial charge in [0, 0.05) is 22.9 Å². The fourth-order valence-electron chi connectivity index (χ4n) is 3.82. The molecule has 6 heteroatoms. The maximum absolute atomic E-state index is 12.6. The first kappa shape index (κ1) is 25.4. The van der Waals surface area contributed by atoms with Crippen molar-refractivity contribution >= 4 is 40.3 Å².